The van der Waals surface area contributed by atoms with Gasteiger partial charge in [0.05, 0.1) is 5.69 Å². The summed E-state index contributed by atoms with van der Waals surface area (Å²) in [5.74, 6) is 0.0217. The maximum atomic E-state index is 13.0. The van der Waals surface area contributed by atoms with Gasteiger partial charge in [0.15, 0.2) is 0 Å². The molecule has 0 spiro atoms. The standard InChI is InChI=1S/C18H25N3OS/c1-10(2)21(11(3)4)18(22)16-15(19)13-9-12-7-5-6-8-14(12)20-17(13)23-16/h9-11H,5-8,19H2,1-4H3. The van der Waals surface area contributed by atoms with E-state index in [-0.39, 0.29) is 18.0 Å². The van der Waals surface area contributed by atoms with E-state index in [1.54, 1.807) is 0 Å². The van der Waals surface area contributed by atoms with Crippen LogP contribution < -0.4 is 5.73 Å². The van der Waals surface area contributed by atoms with Gasteiger partial charge in [0, 0.05) is 23.2 Å². The first kappa shape index (κ1) is 16.2. The highest BCUT2D eigenvalue weighted by atomic mass is 32.1. The zero-order valence-corrected chi connectivity index (χ0v) is 15.2. The summed E-state index contributed by atoms with van der Waals surface area (Å²) >= 11 is 1.44. The first-order valence-electron chi connectivity index (χ1n) is 8.43. The molecular formula is C18H25N3OS. The highest BCUT2D eigenvalue weighted by molar-refractivity contribution is 7.21. The molecule has 2 aromatic rings. The van der Waals surface area contributed by atoms with Crippen LogP contribution in [0, 0.1) is 0 Å². The zero-order valence-electron chi connectivity index (χ0n) is 14.3. The molecule has 2 heterocycles. The van der Waals surface area contributed by atoms with Crippen LogP contribution in [0.25, 0.3) is 10.2 Å². The molecule has 0 fully saturated rings. The van der Waals surface area contributed by atoms with Crippen molar-refractivity contribution in [2.75, 3.05) is 5.73 Å². The number of nitrogen functional groups attached to an aromatic ring is 1. The number of carbonyl (C=O) groups is 1. The number of nitrogens with two attached hydrogens (primary N) is 1. The predicted molar refractivity (Wildman–Crippen MR) is 97.1 cm³/mol. The summed E-state index contributed by atoms with van der Waals surface area (Å²) in [6.45, 7) is 8.16. The van der Waals surface area contributed by atoms with Gasteiger partial charge in [-0.3, -0.25) is 4.79 Å². The van der Waals surface area contributed by atoms with Crippen molar-refractivity contribution in [3.05, 3.63) is 22.2 Å². The molecule has 4 nitrogen and oxygen atoms in total. The fourth-order valence-corrected chi connectivity index (χ4v) is 4.54. The highest BCUT2D eigenvalue weighted by Gasteiger charge is 2.27. The van der Waals surface area contributed by atoms with Gasteiger partial charge in [-0.2, -0.15) is 0 Å². The minimum atomic E-state index is 0.0217. The fraction of sp³-hybridized carbons (Fsp3) is 0.556. The van der Waals surface area contributed by atoms with E-state index in [1.165, 1.54) is 35.4 Å². The molecule has 0 aliphatic heterocycles. The number of amides is 1. The molecule has 0 bridgehead atoms. The second kappa shape index (κ2) is 6.11. The number of carbonyl (C=O) groups excluding carboxylic acids is 1. The maximum absolute atomic E-state index is 13.0. The number of hydrogen-bond acceptors (Lipinski definition) is 4. The SMILES string of the molecule is CC(C)N(C(=O)c1sc2nc3c(cc2c1N)CCCC3)C(C)C. The predicted octanol–water partition coefficient (Wildman–Crippen LogP) is 4.02. The molecule has 0 saturated heterocycles. The summed E-state index contributed by atoms with van der Waals surface area (Å²) in [6, 6.07) is 2.45. The number of anilines is 1. The van der Waals surface area contributed by atoms with Gasteiger partial charge in [0.2, 0.25) is 0 Å². The molecule has 0 unspecified atom stereocenters. The van der Waals surface area contributed by atoms with E-state index in [1.807, 2.05) is 32.6 Å². The molecule has 0 atom stereocenters. The molecule has 1 amide bonds. The van der Waals surface area contributed by atoms with E-state index in [0.29, 0.717) is 10.6 Å². The van der Waals surface area contributed by atoms with E-state index in [9.17, 15) is 4.79 Å². The molecule has 0 aromatic carbocycles. The summed E-state index contributed by atoms with van der Waals surface area (Å²) in [6.07, 6.45) is 4.52. The van der Waals surface area contributed by atoms with Crippen molar-refractivity contribution in [2.24, 2.45) is 0 Å². The van der Waals surface area contributed by atoms with Crippen LogP contribution in [-0.2, 0) is 12.8 Å². The zero-order chi connectivity index (χ0) is 16.7. The number of hydrogen-bond donors (Lipinski definition) is 1. The Morgan fingerprint density at radius 2 is 1.87 bits per heavy atom. The van der Waals surface area contributed by atoms with Crippen molar-refractivity contribution >= 4 is 33.1 Å². The molecule has 1 aliphatic carbocycles. The summed E-state index contributed by atoms with van der Waals surface area (Å²) in [5, 5.41) is 0.950. The molecule has 2 N–H and O–H groups in total. The Kier molecular flexibility index (Phi) is 4.32. The smallest absolute Gasteiger partial charge is 0.266 e. The molecule has 2 aromatic heterocycles. The summed E-state index contributed by atoms with van der Waals surface area (Å²) in [5.41, 5.74) is 9.42. The number of aryl methyl sites for hydroxylation is 2. The third kappa shape index (κ3) is 2.82. The monoisotopic (exact) mass is 331 g/mol. The highest BCUT2D eigenvalue weighted by Crippen LogP contribution is 2.36. The summed E-state index contributed by atoms with van der Waals surface area (Å²) in [4.78, 5) is 21.2. The Morgan fingerprint density at radius 3 is 2.52 bits per heavy atom. The summed E-state index contributed by atoms with van der Waals surface area (Å²) in [7, 11) is 0. The molecule has 0 radical (unpaired) electrons. The van der Waals surface area contributed by atoms with Crippen LogP contribution in [-0.4, -0.2) is 27.9 Å². The summed E-state index contributed by atoms with van der Waals surface area (Å²) < 4.78 is 0. The first-order valence-corrected chi connectivity index (χ1v) is 9.25. The normalized spacial score (nSPS) is 14.5. The van der Waals surface area contributed by atoms with Crippen LogP contribution in [0.15, 0.2) is 6.07 Å². The first-order chi connectivity index (χ1) is 10.9. The molecule has 124 valence electrons. The average molecular weight is 331 g/mol. The van der Waals surface area contributed by atoms with Gasteiger partial charge in [-0.1, -0.05) is 0 Å². The third-order valence-electron chi connectivity index (χ3n) is 4.54. The maximum Gasteiger partial charge on any atom is 0.266 e. The largest absolute Gasteiger partial charge is 0.397 e. The molecular weight excluding hydrogens is 306 g/mol. The van der Waals surface area contributed by atoms with Crippen molar-refractivity contribution in [1.29, 1.82) is 0 Å². The van der Waals surface area contributed by atoms with Gasteiger partial charge in [0.25, 0.3) is 5.91 Å². The van der Waals surface area contributed by atoms with Gasteiger partial charge in [0.1, 0.15) is 9.71 Å². The molecule has 23 heavy (non-hydrogen) atoms. The minimum Gasteiger partial charge on any atom is -0.397 e. The number of thiophene rings is 1. The Hall–Kier alpha value is -1.62. The second-order valence-corrected chi connectivity index (χ2v) is 7.90. The third-order valence-corrected chi connectivity index (χ3v) is 5.64. The van der Waals surface area contributed by atoms with Gasteiger partial charge in [-0.25, -0.2) is 4.98 Å². The van der Waals surface area contributed by atoms with Crippen molar-refractivity contribution in [1.82, 2.24) is 9.88 Å². The van der Waals surface area contributed by atoms with Crippen molar-refractivity contribution in [3.63, 3.8) is 0 Å². The number of fused-ring (bicyclic) bond motifs is 2. The second-order valence-electron chi connectivity index (χ2n) is 6.90. The minimum absolute atomic E-state index is 0.0217. The molecule has 5 heteroatoms. The van der Waals surface area contributed by atoms with E-state index >= 15 is 0 Å². The number of rotatable bonds is 3. The average Bonchev–Trinajstić information content (AvgIpc) is 2.81. The Labute approximate surface area is 141 Å². The van der Waals surface area contributed by atoms with E-state index in [2.05, 4.69) is 6.07 Å². The van der Waals surface area contributed by atoms with E-state index < -0.39 is 0 Å². The fourth-order valence-electron chi connectivity index (χ4n) is 3.50. The molecule has 1 aliphatic rings. The van der Waals surface area contributed by atoms with Gasteiger partial charge >= 0.3 is 0 Å². The molecule has 0 saturated carbocycles. The lowest BCUT2D eigenvalue weighted by molar-refractivity contribution is 0.0650. The Morgan fingerprint density at radius 1 is 1.22 bits per heavy atom. The van der Waals surface area contributed by atoms with Gasteiger partial charge in [-0.05, 0) is 65.0 Å². The van der Waals surface area contributed by atoms with Crippen molar-refractivity contribution < 1.29 is 4.79 Å². The van der Waals surface area contributed by atoms with Crippen LogP contribution >= 0.6 is 11.3 Å². The number of pyridine rings is 1. The Bertz CT molecular complexity index is 740. The molecule has 3 rings (SSSR count). The van der Waals surface area contributed by atoms with Crippen LogP contribution in [0.3, 0.4) is 0 Å². The quantitative estimate of drug-likeness (QED) is 0.924. The van der Waals surface area contributed by atoms with Crippen LogP contribution in [0.4, 0.5) is 5.69 Å². The van der Waals surface area contributed by atoms with Crippen molar-refractivity contribution in [2.45, 2.75) is 65.5 Å². The topological polar surface area (TPSA) is 59.2 Å². The van der Waals surface area contributed by atoms with Crippen LogP contribution in [0.1, 0.15) is 61.5 Å². The van der Waals surface area contributed by atoms with E-state index in [0.717, 1.165) is 23.1 Å². The lowest BCUT2D eigenvalue weighted by Gasteiger charge is -2.30. The van der Waals surface area contributed by atoms with E-state index in [4.69, 9.17) is 10.7 Å². The van der Waals surface area contributed by atoms with Gasteiger partial charge in [-0.15, -0.1) is 11.3 Å². The lowest BCUT2D eigenvalue weighted by atomic mass is 9.95. The Balaban J connectivity index is 2.08. The van der Waals surface area contributed by atoms with Gasteiger partial charge < -0.3 is 10.6 Å². The van der Waals surface area contributed by atoms with Crippen LogP contribution in [0.5, 0.6) is 0 Å². The lowest BCUT2D eigenvalue weighted by Crippen LogP contribution is -2.41. The number of nitrogens with zero attached hydrogens (tertiary/aromatic N) is 2. The number of aromatic nitrogens is 1. The van der Waals surface area contributed by atoms with Crippen LogP contribution in [0.2, 0.25) is 0 Å². The van der Waals surface area contributed by atoms with Crippen molar-refractivity contribution in [3.8, 4) is 0 Å².